The average molecular weight is 353 g/mol. The van der Waals surface area contributed by atoms with Crippen LogP contribution in [0.15, 0.2) is 24.5 Å². The first-order valence-corrected chi connectivity index (χ1v) is 8.97. The van der Waals surface area contributed by atoms with Gasteiger partial charge in [0.2, 0.25) is 0 Å². The summed E-state index contributed by atoms with van der Waals surface area (Å²) in [5.74, 6) is 0.825. The Morgan fingerprint density at radius 2 is 2.08 bits per heavy atom. The summed E-state index contributed by atoms with van der Waals surface area (Å²) < 4.78 is 12.7. The average Bonchev–Trinajstić information content (AvgIpc) is 3.00. The Labute approximate surface area is 135 Å². The van der Waals surface area contributed by atoms with Gasteiger partial charge in [0.25, 0.3) is 0 Å². The highest BCUT2D eigenvalue weighted by Crippen LogP contribution is 2.69. The molecule has 2 saturated carbocycles. The minimum absolute atomic E-state index is 0.182. The molecule has 2 heterocycles. The molecule has 0 radical (unpaired) electrons. The summed E-state index contributed by atoms with van der Waals surface area (Å²) in [5, 5.41) is 20.9. The summed E-state index contributed by atoms with van der Waals surface area (Å²) in [4.78, 5) is 30.2. The molecule has 0 amide bonds. The van der Waals surface area contributed by atoms with E-state index in [0.717, 1.165) is 5.82 Å². The number of hydrogen-bond donors (Lipinski definition) is 5. The quantitative estimate of drug-likeness (QED) is 0.452. The molecule has 0 aromatic carbocycles. The largest absolute Gasteiger partial charge is 0.389 e. The lowest BCUT2D eigenvalue weighted by molar-refractivity contribution is -0.00808. The number of fused-ring (bicyclic) bond motifs is 2. The van der Waals surface area contributed by atoms with Crippen LogP contribution in [0.2, 0.25) is 0 Å². The third-order valence-electron chi connectivity index (χ3n) is 5.03. The van der Waals surface area contributed by atoms with E-state index in [9.17, 15) is 14.8 Å². The van der Waals surface area contributed by atoms with Crippen molar-refractivity contribution in [3.8, 4) is 0 Å². The van der Waals surface area contributed by atoms with Gasteiger partial charge >= 0.3 is 7.60 Å². The van der Waals surface area contributed by atoms with Gasteiger partial charge < -0.3 is 30.3 Å². The summed E-state index contributed by atoms with van der Waals surface area (Å²) >= 11 is 0. The van der Waals surface area contributed by atoms with Gasteiger partial charge in [-0.05, 0) is 12.3 Å². The van der Waals surface area contributed by atoms with E-state index in [4.69, 9.17) is 15.5 Å². The molecular formula is C13H16N5O5P. The van der Waals surface area contributed by atoms with Crippen LogP contribution >= 0.6 is 7.60 Å². The Morgan fingerprint density at radius 3 is 2.79 bits per heavy atom. The van der Waals surface area contributed by atoms with Gasteiger partial charge in [-0.3, -0.25) is 4.57 Å². The molecule has 0 spiro atoms. The van der Waals surface area contributed by atoms with Gasteiger partial charge in [0.15, 0.2) is 11.5 Å². The zero-order valence-corrected chi connectivity index (χ0v) is 13.2. The van der Waals surface area contributed by atoms with Crippen molar-refractivity contribution in [2.45, 2.75) is 24.7 Å². The predicted molar refractivity (Wildman–Crippen MR) is 82.5 cm³/mol. The van der Waals surface area contributed by atoms with Crippen LogP contribution in [0, 0.1) is 11.3 Å². The third-order valence-corrected chi connectivity index (χ3v) is 5.56. The lowest BCUT2D eigenvalue weighted by atomic mass is 10.00. The van der Waals surface area contributed by atoms with E-state index in [-0.39, 0.29) is 11.7 Å². The number of anilines is 1. The van der Waals surface area contributed by atoms with Crippen LogP contribution in [0.25, 0.3) is 11.2 Å². The zero-order valence-electron chi connectivity index (χ0n) is 12.3. The Morgan fingerprint density at radius 1 is 1.33 bits per heavy atom. The van der Waals surface area contributed by atoms with Gasteiger partial charge in [0, 0.05) is 11.2 Å². The number of imidazole rings is 1. The lowest BCUT2D eigenvalue weighted by Gasteiger charge is -2.23. The number of hydrogen-bond acceptors (Lipinski definition) is 7. The molecule has 5 atom stereocenters. The van der Waals surface area contributed by atoms with Crippen LogP contribution in [0.5, 0.6) is 0 Å². The van der Waals surface area contributed by atoms with Gasteiger partial charge in [-0.15, -0.1) is 0 Å². The topological polar surface area (TPSA) is 168 Å². The molecule has 0 saturated heterocycles. The zero-order chi connectivity index (χ0) is 17.3. The number of aliphatic hydroxyl groups is 2. The highest BCUT2D eigenvalue weighted by molar-refractivity contribution is 7.55. The first-order chi connectivity index (χ1) is 11.2. The van der Waals surface area contributed by atoms with Crippen molar-refractivity contribution in [3.05, 3.63) is 24.5 Å². The van der Waals surface area contributed by atoms with Crippen molar-refractivity contribution >= 4 is 24.6 Å². The van der Waals surface area contributed by atoms with Crippen molar-refractivity contribution in [3.63, 3.8) is 0 Å². The highest BCUT2D eigenvalue weighted by atomic mass is 31.2. The number of aromatic nitrogens is 4. The molecule has 2 aliphatic rings. The van der Waals surface area contributed by atoms with E-state index in [1.54, 1.807) is 4.57 Å². The molecule has 0 bridgehead atoms. The monoisotopic (exact) mass is 353 g/mol. The van der Waals surface area contributed by atoms with Crippen LogP contribution in [-0.4, -0.2) is 51.7 Å². The van der Waals surface area contributed by atoms with E-state index < -0.39 is 31.3 Å². The maximum absolute atomic E-state index is 11.1. The Hall–Kier alpha value is -1.84. The SMILES string of the molecule is Nc1ncnc2c1ncn2[C@H]1[C@H](O)[C@H](O)[C@]2(/C=C/P(=O)(O)O)C[C@H]12. The normalized spacial score (nSPS) is 35.7. The second-order valence-corrected chi connectivity index (χ2v) is 7.81. The Bertz CT molecular complexity index is 894. The Kier molecular flexibility index (Phi) is 3.16. The predicted octanol–water partition coefficient (Wildman–Crippen LogP) is -0.617. The molecule has 2 aromatic heterocycles. The van der Waals surface area contributed by atoms with Crippen LogP contribution < -0.4 is 5.73 Å². The second kappa shape index (κ2) is 4.84. The summed E-state index contributed by atoms with van der Waals surface area (Å²) in [5.41, 5.74) is 5.76. The van der Waals surface area contributed by atoms with E-state index in [1.807, 2.05) is 0 Å². The van der Waals surface area contributed by atoms with Gasteiger partial charge in [-0.1, -0.05) is 6.08 Å². The minimum atomic E-state index is -4.34. The Balaban J connectivity index is 1.74. The fourth-order valence-electron chi connectivity index (χ4n) is 3.82. The molecule has 6 N–H and O–H groups in total. The number of aliphatic hydroxyl groups excluding tert-OH is 2. The summed E-state index contributed by atoms with van der Waals surface area (Å²) in [6.45, 7) is 0. The smallest absolute Gasteiger partial charge is 0.348 e. The third kappa shape index (κ3) is 2.11. The number of nitrogen functional groups attached to an aromatic ring is 1. The number of nitrogens with zero attached hydrogens (tertiary/aromatic N) is 4. The van der Waals surface area contributed by atoms with Gasteiger partial charge in [-0.25, -0.2) is 15.0 Å². The molecular weight excluding hydrogens is 337 g/mol. The van der Waals surface area contributed by atoms with Gasteiger partial charge in [0.1, 0.15) is 17.9 Å². The van der Waals surface area contributed by atoms with Crippen molar-refractivity contribution < 1.29 is 24.6 Å². The van der Waals surface area contributed by atoms with Crippen molar-refractivity contribution in [1.29, 1.82) is 0 Å². The van der Waals surface area contributed by atoms with E-state index >= 15 is 0 Å². The molecule has 0 unspecified atom stereocenters. The molecule has 24 heavy (non-hydrogen) atoms. The number of nitrogens with two attached hydrogens (primary N) is 1. The van der Waals surface area contributed by atoms with Crippen LogP contribution in [0.1, 0.15) is 12.5 Å². The summed E-state index contributed by atoms with van der Waals surface area (Å²) in [6.07, 6.45) is 2.37. The molecule has 11 heteroatoms. The maximum Gasteiger partial charge on any atom is 0.348 e. The first kappa shape index (κ1) is 15.7. The number of rotatable bonds is 3. The van der Waals surface area contributed by atoms with Crippen molar-refractivity contribution in [1.82, 2.24) is 19.5 Å². The molecule has 128 valence electrons. The first-order valence-electron chi connectivity index (χ1n) is 7.29. The molecule has 2 fully saturated rings. The fourth-order valence-corrected chi connectivity index (χ4v) is 4.29. The van der Waals surface area contributed by atoms with Crippen molar-refractivity contribution in [2.24, 2.45) is 11.3 Å². The summed E-state index contributed by atoms with van der Waals surface area (Å²) in [6, 6.07) is -0.513. The van der Waals surface area contributed by atoms with E-state index in [2.05, 4.69) is 15.0 Å². The highest BCUT2D eigenvalue weighted by Gasteiger charge is 2.70. The van der Waals surface area contributed by atoms with Gasteiger partial charge in [-0.2, -0.15) is 0 Å². The minimum Gasteiger partial charge on any atom is -0.389 e. The van der Waals surface area contributed by atoms with Gasteiger partial charge in [0.05, 0.1) is 18.5 Å². The molecule has 0 aliphatic heterocycles. The summed E-state index contributed by atoms with van der Waals surface area (Å²) in [7, 11) is -4.34. The van der Waals surface area contributed by atoms with E-state index in [1.165, 1.54) is 18.7 Å². The lowest BCUT2D eigenvalue weighted by Crippen LogP contribution is -2.33. The van der Waals surface area contributed by atoms with Crippen LogP contribution in [-0.2, 0) is 4.57 Å². The van der Waals surface area contributed by atoms with Crippen LogP contribution in [0.4, 0.5) is 5.82 Å². The molecule has 4 rings (SSSR count). The second-order valence-electron chi connectivity index (χ2n) is 6.34. The van der Waals surface area contributed by atoms with Crippen LogP contribution in [0.3, 0.4) is 0 Å². The van der Waals surface area contributed by atoms with E-state index in [0.29, 0.717) is 17.6 Å². The standard InChI is InChI=1S/C13H16N5O5P/c14-11-7-12(16-4-15-11)18(5-17-7)8-6-3-13(6,10(20)9(8)19)1-2-24(21,22)23/h1-2,4-6,8-10,19-20H,3H2,(H2,14,15,16)(H2,21,22,23)/b2-1+/t6-,8-,9+,10+,13-/m1/s1. The molecule has 2 aromatic rings. The maximum atomic E-state index is 11.1. The molecule has 2 aliphatic carbocycles. The fraction of sp³-hybridized carbons (Fsp3) is 0.462. The van der Waals surface area contributed by atoms with Crippen molar-refractivity contribution in [2.75, 3.05) is 5.73 Å². The molecule has 10 nitrogen and oxygen atoms in total.